The standard InChI is InChI=1S/C27H32N2O3S/c1-27(2,3)15-5-6-18-9-11-19(12-10-18)17-33-23-8-4-7-20-21(23)16-29(26(20)32)22-13-14-24(30)28-25(22)31/h4,7-12,22H,5-6,13-17H2,1-3H3,(H,28,30,31). The molecule has 5 nitrogen and oxygen atoms in total. The van der Waals surface area contributed by atoms with Crippen LogP contribution in [0.2, 0.25) is 0 Å². The maximum Gasteiger partial charge on any atom is 0.255 e. The molecule has 2 heterocycles. The zero-order valence-electron chi connectivity index (χ0n) is 19.6. The first-order valence-electron chi connectivity index (χ1n) is 11.7. The van der Waals surface area contributed by atoms with Crippen molar-refractivity contribution in [3.63, 3.8) is 0 Å². The lowest BCUT2D eigenvalue weighted by Crippen LogP contribution is -2.52. The second-order valence-electron chi connectivity index (χ2n) is 10.2. The van der Waals surface area contributed by atoms with Gasteiger partial charge in [0.05, 0.1) is 0 Å². The summed E-state index contributed by atoms with van der Waals surface area (Å²) in [5.41, 5.74) is 4.65. The smallest absolute Gasteiger partial charge is 0.255 e. The van der Waals surface area contributed by atoms with Gasteiger partial charge in [-0.25, -0.2) is 0 Å². The van der Waals surface area contributed by atoms with Crippen LogP contribution in [0.15, 0.2) is 47.4 Å². The Kier molecular flexibility index (Phi) is 6.94. The van der Waals surface area contributed by atoms with Crippen LogP contribution in [0, 0.1) is 5.41 Å². The lowest BCUT2D eigenvalue weighted by molar-refractivity contribution is -0.136. The number of rotatable bonds is 7. The summed E-state index contributed by atoms with van der Waals surface area (Å²) in [4.78, 5) is 39.5. The summed E-state index contributed by atoms with van der Waals surface area (Å²) in [5, 5.41) is 2.36. The average Bonchev–Trinajstić information content (AvgIpc) is 3.09. The van der Waals surface area contributed by atoms with E-state index in [0.29, 0.717) is 23.9 Å². The van der Waals surface area contributed by atoms with Gasteiger partial charge in [0.1, 0.15) is 6.04 Å². The van der Waals surface area contributed by atoms with Crippen molar-refractivity contribution in [3.8, 4) is 0 Å². The molecule has 2 aliphatic rings. The van der Waals surface area contributed by atoms with Crippen molar-refractivity contribution in [2.24, 2.45) is 5.41 Å². The van der Waals surface area contributed by atoms with Gasteiger partial charge in [-0.3, -0.25) is 19.7 Å². The van der Waals surface area contributed by atoms with E-state index in [4.69, 9.17) is 0 Å². The fraction of sp³-hybridized carbons (Fsp3) is 0.444. The average molecular weight is 465 g/mol. The Labute approximate surface area is 200 Å². The number of piperidine rings is 1. The van der Waals surface area contributed by atoms with Crippen LogP contribution in [0.1, 0.15) is 73.5 Å². The highest BCUT2D eigenvalue weighted by Gasteiger charge is 2.39. The summed E-state index contributed by atoms with van der Waals surface area (Å²) < 4.78 is 0. The van der Waals surface area contributed by atoms with Gasteiger partial charge in [-0.05, 0) is 59.9 Å². The van der Waals surface area contributed by atoms with Gasteiger partial charge < -0.3 is 4.90 Å². The molecule has 1 N–H and O–H groups in total. The van der Waals surface area contributed by atoms with E-state index in [1.165, 1.54) is 24.0 Å². The molecular weight excluding hydrogens is 432 g/mol. The zero-order chi connectivity index (χ0) is 23.6. The first-order chi connectivity index (χ1) is 15.7. The van der Waals surface area contributed by atoms with E-state index in [0.717, 1.165) is 22.6 Å². The highest BCUT2D eigenvalue weighted by atomic mass is 32.2. The summed E-state index contributed by atoms with van der Waals surface area (Å²) in [6.07, 6.45) is 4.18. The molecule has 1 unspecified atom stereocenters. The van der Waals surface area contributed by atoms with Gasteiger partial charge in [0.15, 0.2) is 0 Å². The molecule has 174 valence electrons. The molecule has 0 bridgehead atoms. The van der Waals surface area contributed by atoms with Gasteiger partial charge in [0.25, 0.3) is 5.91 Å². The van der Waals surface area contributed by atoms with E-state index in [1.807, 2.05) is 18.2 Å². The number of benzene rings is 2. The molecule has 1 atom stereocenters. The zero-order valence-corrected chi connectivity index (χ0v) is 20.5. The number of fused-ring (bicyclic) bond motifs is 1. The molecule has 0 saturated carbocycles. The van der Waals surface area contributed by atoms with Crippen molar-refractivity contribution in [1.82, 2.24) is 10.2 Å². The van der Waals surface area contributed by atoms with Crippen molar-refractivity contribution in [2.75, 3.05) is 0 Å². The summed E-state index contributed by atoms with van der Waals surface area (Å²) in [6, 6.07) is 14.1. The van der Waals surface area contributed by atoms with Crippen LogP contribution in [0.25, 0.3) is 0 Å². The Bertz CT molecular complexity index is 1060. The Morgan fingerprint density at radius 3 is 2.45 bits per heavy atom. The Hall–Kier alpha value is -2.60. The maximum absolute atomic E-state index is 13.0. The minimum atomic E-state index is -0.578. The molecule has 0 aliphatic carbocycles. The molecule has 33 heavy (non-hydrogen) atoms. The van der Waals surface area contributed by atoms with Gasteiger partial charge >= 0.3 is 0 Å². The second-order valence-corrected chi connectivity index (χ2v) is 11.2. The normalized spacial score (nSPS) is 18.5. The highest BCUT2D eigenvalue weighted by Crippen LogP contribution is 2.35. The van der Waals surface area contributed by atoms with Crippen molar-refractivity contribution >= 4 is 29.5 Å². The third kappa shape index (κ3) is 5.67. The minimum absolute atomic E-state index is 0.124. The van der Waals surface area contributed by atoms with Crippen LogP contribution in [-0.4, -0.2) is 28.7 Å². The van der Waals surface area contributed by atoms with Gasteiger partial charge in [-0.2, -0.15) is 0 Å². The number of imide groups is 1. The summed E-state index contributed by atoms with van der Waals surface area (Å²) >= 11 is 1.72. The van der Waals surface area contributed by atoms with Crippen LogP contribution >= 0.6 is 11.8 Å². The number of nitrogens with zero attached hydrogens (tertiary/aromatic N) is 1. The molecule has 0 aromatic heterocycles. The lowest BCUT2D eigenvalue weighted by atomic mass is 9.89. The molecule has 0 spiro atoms. The predicted octanol–water partition coefficient (Wildman–Crippen LogP) is 5.11. The first-order valence-corrected chi connectivity index (χ1v) is 12.7. The monoisotopic (exact) mass is 464 g/mol. The van der Waals surface area contributed by atoms with E-state index in [2.05, 4.69) is 50.4 Å². The molecular formula is C27H32N2O3S. The van der Waals surface area contributed by atoms with Gasteiger partial charge in [0.2, 0.25) is 11.8 Å². The third-order valence-electron chi connectivity index (χ3n) is 6.35. The number of hydrogen-bond acceptors (Lipinski definition) is 4. The summed E-state index contributed by atoms with van der Waals surface area (Å²) in [7, 11) is 0. The number of nitrogens with one attached hydrogen (secondary N) is 1. The largest absolute Gasteiger partial charge is 0.322 e. The van der Waals surface area contributed by atoms with Crippen LogP contribution in [-0.2, 0) is 28.3 Å². The molecule has 2 aromatic rings. The Morgan fingerprint density at radius 1 is 1.03 bits per heavy atom. The first kappa shape index (κ1) is 23.6. The van der Waals surface area contributed by atoms with Crippen molar-refractivity contribution in [3.05, 3.63) is 64.7 Å². The van der Waals surface area contributed by atoms with Gasteiger partial charge in [-0.15, -0.1) is 11.8 Å². The summed E-state index contributed by atoms with van der Waals surface area (Å²) in [6.45, 7) is 7.26. The van der Waals surface area contributed by atoms with E-state index in [-0.39, 0.29) is 24.1 Å². The number of carbonyl (C=O) groups is 3. The number of carbonyl (C=O) groups excluding carboxylic acids is 3. The number of hydrogen-bond donors (Lipinski definition) is 1. The Balaban J connectivity index is 1.38. The van der Waals surface area contributed by atoms with E-state index in [9.17, 15) is 14.4 Å². The molecule has 1 saturated heterocycles. The molecule has 0 radical (unpaired) electrons. The highest BCUT2D eigenvalue weighted by molar-refractivity contribution is 7.98. The number of thioether (sulfide) groups is 1. The van der Waals surface area contributed by atoms with Gasteiger partial charge in [-0.1, -0.05) is 51.1 Å². The maximum atomic E-state index is 13.0. The van der Waals surface area contributed by atoms with E-state index < -0.39 is 6.04 Å². The summed E-state index contributed by atoms with van der Waals surface area (Å²) in [5.74, 6) is 0.0633. The Morgan fingerprint density at radius 2 is 1.76 bits per heavy atom. The van der Waals surface area contributed by atoms with Crippen LogP contribution in [0.3, 0.4) is 0 Å². The molecule has 6 heteroatoms. The van der Waals surface area contributed by atoms with E-state index >= 15 is 0 Å². The van der Waals surface area contributed by atoms with E-state index in [1.54, 1.807) is 16.7 Å². The van der Waals surface area contributed by atoms with Crippen molar-refractivity contribution in [2.45, 2.75) is 76.1 Å². The SMILES string of the molecule is CC(C)(C)CCCc1ccc(CSc2cccc3c2CN(C2CCC(=O)NC2=O)C3=O)cc1. The number of amides is 3. The fourth-order valence-electron chi connectivity index (χ4n) is 4.48. The lowest BCUT2D eigenvalue weighted by Gasteiger charge is -2.29. The minimum Gasteiger partial charge on any atom is -0.322 e. The molecule has 4 rings (SSSR count). The number of aryl methyl sites for hydroxylation is 1. The third-order valence-corrected chi connectivity index (χ3v) is 7.52. The topological polar surface area (TPSA) is 66.5 Å². The van der Waals surface area contributed by atoms with Crippen molar-refractivity contribution in [1.29, 1.82) is 0 Å². The van der Waals surface area contributed by atoms with Crippen LogP contribution in [0.4, 0.5) is 0 Å². The molecule has 3 amide bonds. The second kappa shape index (κ2) is 9.72. The van der Waals surface area contributed by atoms with Crippen LogP contribution in [0.5, 0.6) is 0 Å². The molecule has 2 aromatic carbocycles. The van der Waals surface area contributed by atoms with Gasteiger partial charge in [0, 0.05) is 29.2 Å². The molecule has 2 aliphatic heterocycles. The fourth-order valence-corrected chi connectivity index (χ4v) is 5.52. The van der Waals surface area contributed by atoms with Crippen molar-refractivity contribution < 1.29 is 14.4 Å². The quantitative estimate of drug-likeness (QED) is 0.457. The van der Waals surface area contributed by atoms with Crippen LogP contribution < -0.4 is 5.32 Å². The molecule has 1 fully saturated rings. The predicted molar refractivity (Wildman–Crippen MR) is 131 cm³/mol.